The quantitative estimate of drug-likeness (QED) is 0.662. The molecule has 1 atom stereocenters. The Bertz CT molecular complexity index is 792. The maximum atomic E-state index is 12.6. The van der Waals surface area contributed by atoms with Gasteiger partial charge in [0.15, 0.2) is 11.5 Å². The van der Waals surface area contributed by atoms with E-state index in [4.69, 9.17) is 14.2 Å². The largest absolute Gasteiger partial charge is 0.494 e. The highest BCUT2D eigenvalue weighted by Crippen LogP contribution is 2.34. The second kappa shape index (κ2) is 9.73. The van der Waals surface area contributed by atoms with Crippen LogP contribution in [0.2, 0.25) is 0 Å². The van der Waals surface area contributed by atoms with E-state index >= 15 is 0 Å². The number of carbonyl (C=O) groups excluding carboxylic acids is 1. The number of hydrogen-bond acceptors (Lipinski definition) is 5. The fourth-order valence-corrected chi connectivity index (χ4v) is 3.76. The van der Waals surface area contributed by atoms with Gasteiger partial charge in [-0.3, -0.25) is 4.79 Å². The summed E-state index contributed by atoms with van der Waals surface area (Å²) in [6.45, 7) is 7.92. The van der Waals surface area contributed by atoms with E-state index < -0.39 is 0 Å². The van der Waals surface area contributed by atoms with Crippen molar-refractivity contribution in [2.45, 2.75) is 31.7 Å². The lowest BCUT2D eigenvalue weighted by atomic mass is 9.95. The molecule has 150 valence electrons. The predicted molar refractivity (Wildman–Crippen MR) is 111 cm³/mol. The zero-order valence-corrected chi connectivity index (χ0v) is 17.4. The minimum absolute atomic E-state index is 0.00692. The third-order valence-corrected chi connectivity index (χ3v) is 5.43. The zero-order chi connectivity index (χ0) is 19.9. The number of amides is 1. The molecule has 3 rings (SSSR count). The Morgan fingerprint density at radius 1 is 1.11 bits per heavy atom. The van der Waals surface area contributed by atoms with Crippen molar-refractivity contribution in [2.24, 2.45) is 5.92 Å². The van der Waals surface area contributed by atoms with E-state index in [1.165, 1.54) is 11.8 Å². The first kappa shape index (κ1) is 20.4. The van der Waals surface area contributed by atoms with Crippen LogP contribution in [0.5, 0.6) is 17.2 Å². The van der Waals surface area contributed by atoms with E-state index in [-0.39, 0.29) is 17.9 Å². The molecule has 1 aliphatic heterocycles. The Hall–Kier alpha value is -2.34. The molecule has 0 saturated carbocycles. The molecule has 0 spiro atoms. The Balaban J connectivity index is 1.60. The lowest BCUT2D eigenvalue weighted by molar-refractivity contribution is -0.119. The van der Waals surface area contributed by atoms with Crippen LogP contribution in [0.4, 0.5) is 0 Å². The van der Waals surface area contributed by atoms with Gasteiger partial charge < -0.3 is 19.5 Å². The highest BCUT2D eigenvalue weighted by Gasteiger charge is 2.21. The van der Waals surface area contributed by atoms with Gasteiger partial charge in [0.2, 0.25) is 5.91 Å². The molecule has 0 bridgehead atoms. The Kier molecular flexibility index (Phi) is 7.09. The monoisotopic (exact) mass is 401 g/mol. The molecule has 0 radical (unpaired) electrons. The summed E-state index contributed by atoms with van der Waals surface area (Å²) < 4.78 is 16.7. The molecule has 0 aliphatic carbocycles. The van der Waals surface area contributed by atoms with Crippen LogP contribution in [0, 0.1) is 5.92 Å². The van der Waals surface area contributed by atoms with Crippen LogP contribution in [-0.2, 0) is 4.79 Å². The van der Waals surface area contributed by atoms with Crippen LogP contribution in [0.15, 0.2) is 47.4 Å². The van der Waals surface area contributed by atoms with E-state index in [0.29, 0.717) is 25.6 Å². The minimum atomic E-state index is -0.0794. The van der Waals surface area contributed by atoms with Crippen LogP contribution >= 0.6 is 11.8 Å². The first-order valence-corrected chi connectivity index (χ1v) is 10.6. The first-order chi connectivity index (χ1) is 13.6. The number of benzene rings is 2. The van der Waals surface area contributed by atoms with Crippen LogP contribution < -0.4 is 19.5 Å². The Morgan fingerprint density at radius 2 is 1.82 bits per heavy atom. The molecule has 1 unspecified atom stereocenters. The molecule has 28 heavy (non-hydrogen) atoms. The number of fused-ring (bicyclic) bond motifs is 1. The summed E-state index contributed by atoms with van der Waals surface area (Å²) >= 11 is 1.51. The average molecular weight is 402 g/mol. The highest BCUT2D eigenvalue weighted by atomic mass is 32.2. The van der Waals surface area contributed by atoms with Crippen LogP contribution in [0.3, 0.4) is 0 Å². The summed E-state index contributed by atoms with van der Waals surface area (Å²) in [5, 5.41) is 3.16. The smallest absolute Gasteiger partial charge is 0.230 e. The van der Waals surface area contributed by atoms with E-state index in [2.05, 4.69) is 19.2 Å². The van der Waals surface area contributed by atoms with Gasteiger partial charge in [-0.25, -0.2) is 0 Å². The first-order valence-electron chi connectivity index (χ1n) is 9.61. The van der Waals surface area contributed by atoms with Crippen molar-refractivity contribution in [3.63, 3.8) is 0 Å². The summed E-state index contributed by atoms with van der Waals surface area (Å²) in [5.41, 5.74) is 1.03. The normalized spacial score (nSPS) is 13.9. The maximum Gasteiger partial charge on any atom is 0.230 e. The Labute approximate surface area is 170 Å². The molecule has 1 N–H and O–H groups in total. The maximum absolute atomic E-state index is 12.6. The molecular weight excluding hydrogens is 374 g/mol. The van der Waals surface area contributed by atoms with Crippen LogP contribution in [0.25, 0.3) is 0 Å². The molecule has 0 fully saturated rings. The van der Waals surface area contributed by atoms with E-state index in [1.807, 2.05) is 49.4 Å². The van der Waals surface area contributed by atoms with Crippen LogP contribution in [0.1, 0.15) is 32.4 Å². The predicted octanol–water partition coefficient (Wildman–Crippen LogP) is 4.46. The summed E-state index contributed by atoms with van der Waals surface area (Å²) in [7, 11) is 0. The molecule has 1 aliphatic rings. The third-order valence-electron chi connectivity index (χ3n) is 4.41. The number of nitrogens with one attached hydrogen (secondary N) is 1. The fraction of sp³-hybridized carbons (Fsp3) is 0.409. The standard InChI is InChI=1S/C22H27NO4S/c1-4-25-17-6-8-18(9-7-17)28-14-21(24)23-22(15(2)3)16-5-10-19-20(13-16)27-12-11-26-19/h5-10,13,15,22H,4,11-12,14H2,1-3H3,(H,23,24). The molecule has 1 heterocycles. The van der Waals surface area contributed by atoms with Gasteiger partial charge in [-0.05, 0) is 54.8 Å². The van der Waals surface area contributed by atoms with Crippen molar-refractivity contribution >= 4 is 17.7 Å². The number of carbonyl (C=O) groups is 1. The number of rotatable bonds is 8. The lowest BCUT2D eigenvalue weighted by Gasteiger charge is -2.25. The summed E-state index contributed by atoms with van der Waals surface area (Å²) in [4.78, 5) is 13.6. The fourth-order valence-electron chi connectivity index (χ4n) is 3.05. The zero-order valence-electron chi connectivity index (χ0n) is 16.6. The van der Waals surface area contributed by atoms with Gasteiger partial charge in [0.05, 0.1) is 18.4 Å². The van der Waals surface area contributed by atoms with Crippen molar-refractivity contribution in [1.29, 1.82) is 0 Å². The van der Waals surface area contributed by atoms with Gasteiger partial charge in [-0.15, -0.1) is 11.8 Å². The van der Waals surface area contributed by atoms with E-state index in [1.54, 1.807) is 0 Å². The molecule has 0 aromatic heterocycles. The highest BCUT2D eigenvalue weighted by molar-refractivity contribution is 8.00. The number of thioether (sulfide) groups is 1. The summed E-state index contributed by atoms with van der Waals surface area (Å²) in [6, 6.07) is 13.6. The van der Waals surface area contributed by atoms with Gasteiger partial charge >= 0.3 is 0 Å². The third kappa shape index (κ3) is 5.35. The molecular formula is C22H27NO4S. The van der Waals surface area contributed by atoms with Crippen molar-refractivity contribution in [2.75, 3.05) is 25.6 Å². The number of hydrogen-bond donors (Lipinski definition) is 1. The van der Waals surface area contributed by atoms with Crippen molar-refractivity contribution < 1.29 is 19.0 Å². The SMILES string of the molecule is CCOc1ccc(SCC(=O)NC(c2ccc3c(c2)OCCO3)C(C)C)cc1. The summed E-state index contributed by atoms with van der Waals surface area (Å²) in [6.07, 6.45) is 0. The van der Waals surface area contributed by atoms with Gasteiger partial charge in [-0.1, -0.05) is 19.9 Å². The van der Waals surface area contributed by atoms with E-state index in [9.17, 15) is 4.79 Å². The van der Waals surface area contributed by atoms with Gasteiger partial charge in [0.1, 0.15) is 19.0 Å². The van der Waals surface area contributed by atoms with Crippen molar-refractivity contribution in [3.05, 3.63) is 48.0 Å². The topological polar surface area (TPSA) is 56.8 Å². The van der Waals surface area contributed by atoms with E-state index in [0.717, 1.165) is 27.7 Å². The number of ether oxygens (including phenoxy) is 3. The lowest BCUT2D eigenvalue weighted by Crippen LogP contribution is -2.33. The minimum Gasteiger partial charge on any atom is -0.494 e. The molecule has 1 amide bonds. The molecule has 5 nitrogen and oxygen atoms in total. The Morgan fingerprint density at radius 3 is 2.50 bits per heavy atom. The molecule has 6 heteroatoms. The second-order valence-corrected chi connectivity index (χ2v) is 7.93. The molecule has 0 saturated heterocycles. The molecule has 2 aromatic rings. The van der Waals surface area contributed by atoms with Gasteiger partial charge in [0, 0.05) is 4.90 Å². The van der Waals surface area contributed by atoms with Crippen molar-refractivity contribution in [3.8, 4) is 17.2 Å². The van der Waals surface area contributed by atoms with Gasteiger partial charge in [0.25, 0.3) is 0 Å². The second-order valence-electron chi connectivity index (χ2n) is 6.89. The van der Waals surface area contributed by atoms with Crippen molar-refractivity contribution in [1.82, 2.24) is 5.32 Å². The van der Waals surface area contributed by atoms with Gasteiger partial charge in [-0.2, -0.15) is 0 Å². The average Bonchev–Trinajstić information content (AvgIpc) is 2.71. The molecule has 2 aromatic carbocycles. The van der Waals surface area contributed by atoms with Crippen LogP contribution in [-0.4, -0.2) is 31.5 Å². The summed E-state index contributed by atoms with van der Waals surface area (Å²) in [5.74, 6) is 2.97.